The molecule has 1 unspecified atom stereocenters. The van der Waals surface area contributed by atoms with Gasteiger partial charge in [0.15, 0.2) is 0 Å². The molecule has 0 amide bonds. The molecule has 1 aromatic heterocycles. The van der Waals surface area contributed by atoms with Crippen molar-refractivity contribution in [3.63, 3.8) is 0 Å². The molecule has 10 nitrogen and oxygen atoms in total. The van der Waals surface area contributed by atoms with Gasteiger partial charge in [0.1, 0.15) is 0 Å². The Morgan fingerprint density at radius 1 is 1.11 bits per heavy atom. The van der Waals surface area contributed by atoms with Crippen LogP contribution in [-0.2, 0) is 14.8 Å². The first kappa shape index (κ1) is 30.3. The fourth-order valence-electron chi connectivity index (χ4n) is 5.95. The van der Waals surface area contributed by atoms with Gasteiger partial charge in [-0.2, -0.15) is 5.26 Å². The lowest BCUT2D eigenvalue weighted by Gasteiger charge is -2.37. The van der Waals surface area contributed by atoms with Crippen molar-refractivity contribution in [2.75, 3.05) is 37.7 Å². The second-order valence-corrected chi connectivity index (χ2v) is 12.6. The fourth-order valence-corrected chi connectivity index (χ4v) is 7.21. The molecule has 1 aliphatic carbocycles. The second kappa shape index (κ2) is 15.4. The number of aliphatic imine (C=N–C) groups is 1. The predicted molar refractivity (Wildman–Crippen MR) is 151 cm³/mol. The Hall–Kier alpha value is -2.26. The van der Waals surface area contributed by atoms with Crippen LogP contribution in [0.3, 0.4) is 0 Å². The number of anilines is 1. The van der Waals surface area contributed by atoms with Crippen LogP contribution in [0, 0.1) is 11.5 Å². The van der Waals surface area contributed by atoms with E-state index in [1.165, 1.54) is 0 Å². The van der Waals surface area contributed by atoms with Gasteiger partial charge >= 0.3 is 0 Å². The molecule has 3 rings (SSSR count). The molecule has 0 bridgehead atoms. The van der Waals surface area contributed by atoms with Crippen molar-refractivity contribution in [1.29, 1.82) is 5.26 Å². The number of nitrogens with zero attached hydrogens (tertiary/aromatic N) is 5. The number of nitriles is 1. The van der Waals surface area contributed by atoms with E-state index in [0.717, 1.165) is 96.2 Å². The Morgan fingerprint density at radius 2 is 1.74 bits per heavy atom. The molecule has 1 aliphatic heterocycles. The maximum absolute atomic E-state index is 12.4. The quantitative estimate of drug-likeness (QED) is 0.147. The zero-order valence-corrected chi connectivity index (χ0v) is 23.5. The zero-order valence-electron chi connectivity index (χ0n) is 22.6. The topological polar surface area (TPSA) is 151 Å². The van der Waals surface area contributed by atoms with E-state index in [0.29, 0.717) is 31.8 Å². The van der Waals surface area contributed by atoms with Crippen molar-refractivity contribution < 1.29 is 13.2 Å². The summed E-state index contributed by atoms with van der Waals surface area (Å²) in [7, 11) is -3.54. The lowest BCUT2D eigenvalue weighted by Crippen LogP contribution is -2.46. The summed E-state index contributed by atoms with van der Waals surface area (Å²) < 4.78 is 29.7. The summed E-state index contributed by atoms with van der Waals surface area (Å²) >= 11 is 0. The molecule has 1 saturated carbocycles. The highest BCUT2D eigenvalue weighted by molar-refractivity contribution is 7.90. The number of pyridine rings is 1. The van der Waals surface area contributed by atoms with Gasteiger partial charge in [0.25, 0.3) is 0 Å². The van der Waals surface area contributed by atoms with Gasteiger partial charge in [-0.3, -0.25) is 9.88 Å². The van der Waals surface area contributed by atoms with Crippen LogP contribution in [-0.4, -0.2) is 67.9 Å². The van der Waals surface area contributed by atoms with Crippen LogP contribution in [0.4, 0.5) is 5.69 Å². The van der Waals surface area contributed by atoms with E-state index >= 15 is 0 Å². The predicted octanol–water partition coefficient (Wildman–Crippen LogP) is 3.50. The van der Waals surface area contributed by atoms with Gasteiger partial charge in [0.05, 0.1) is 18.0 Å². The molecule has 2 aliphatic rings. The van der Waals surface area contributed by atoms with Crippen LogP contribution in [0.5, 0.6) is 0 Å². The third-order valence-corrected chi connectivity index (χ3v) is 10.0. The number of aromatic nitrogens is 1. The van der Waals surface area contributed by atoms with E-state index in [1.54, 1.807) is 18.6 Å². The summed E-state index contributed by atoms with van der Waals surface area (Å²) in [5.41, 5.74) is 6.89. The summed E-state index contributed by atoms with van der Waals surface area (Å²) in [6.45, 7) is 4.03. The highest BCUT2D eigenvalue weighted by Crippen LogP contribution is 2.40. The van der Waals surface area contributed by atoms with Crippen LogP contribution in [0.1, 0.15) is 83.5 Å². The number of nitrogens with two attached hydrogens (primary N) is 2. The standard InChI is InChI=1S/C27H45N7O3S/c28-23-32-26(29)34(25-11-16-31-17-12-25)18-8-4-2-1-3-5-9-24(33-19-21-37-22-20-33)10-15-27(38(30,35)36)13-6-7-14-27/h11-12,16-17,24H,1-10,13-15,18-22H2,(H2,29,32)(H2,30,35,36). The number of hydrogen-bond acceptors (Lipinski definition) is 7. The van der Waals surface area contributed by atoms with E-state index in [-0.39, 0.29) is 5.96 Å². The van der Waals surface area contributed by atoms with E-state index < -0.39 is 14.8 Å². The SMILES string of the molecule is N#CN=C(N)N(CCCCCCCCC(CCC1(S(N)(=O)=O)CCCC1)N1CCOCC1)c1ccncc1. The lowest BCUT2D eigenvalue weighted by molar-refractivity contribution is 0.0113. The first-order valence-corrected chi connectivity index (χ1v) is 15.6. The average Bonchev–Trinajstić information content (AvgIpc) is 3.41. The second-order valence-electron chi connectivity index (χ2n) is 10.6. The van der Waals surface area contributed by atoms with Crippen LogP contribution >= 0.6 is 0 Å². The van der Waals surface area contributed by atoms with Crippen LogP contribution < -0.4 is 15.8 Å². The smallest absolute Gasteiger partial charge is 0.214 e. The average molecular weight is 548 g/mol. The first-order chi connectivity index (χ1) is 18.4. The van der Waals surface area contributed by atoms with Crippen LogP contribution in [0.25, 0.3) is 0 Å². The summed E-state index contributed by atoms with van der Waals surface area (Å²) in [6, 6.07) is 4.11. The first-order valence-electron chi connectivity index (χ1n) is 14.1. The third kappa shape index (κ3) is 8.90. The van der Waals surface area contributed by atoms with Crippen molar-refractivity contribution in [3.8, 4) is 6.19 Å². The minimum Gasteiger partial charge on any atom is -0.379 e. The Morgan fingerprint density at radius 3 is 2.37 bits per heavy atom. The summed E-state index contributed by atoms with van der Waals surface area (Å²) in [6.07, 6.45) is 17.7. The van der Waals surface area contributed by atoms with Gasteiger partial charge in [-0.15, -0.1) is 4.99 Å². The molecule has 2 fully saturated rings. The normalized spacial score (nSPS) is 19.2. The number of ether oxygens (including phenoxy) is 1. The summed E-state index contributed by atoms with van der Waals surface area (Å²) in [5.74, 6) is 0.203. The van der Waals surface area contributed by atoms with Gasteiger partial charge in [-0.05, 0) is 50.7 Å². The van der Waals surface area contributed by atoms with Crippen molar-refractivity contribution in [2.45, 2.75) is 94.3 Å². The van der Waals surface area contributed by atoms with E-state index in [1.807, 2.05) is 17.0 Å². The minimum atomic E-state index is -3.54. The molecule has 1 aromatic rings. The van der Waals surface area contributed by atoms with Crippen molar-refractivity contribution in [1.82, 2.24) is 9.88 Å². The summed E-state index contributed by atoms with van der Waals surface area (Å²) in [5, 5.41) is 14.6. The number of sulfonamides is 1. The molecule has 38 heavy (non-hydrogen) atoms. The maximum atomic E-state index is 12.4. The zero-order chi connectivity index (χ0) is 27.3. The Balaban J connectivity index is 1.41. The largest absolute Gasteiger partial charge is 0.379 e. The van der Waals surface area contributed by atoms with Crippen molar-refractivity contribution in [3.05, 3.63) is 24.5 Å². The third-order valence-electron chi connectivity index (χ3n) is 8.20. The van der Waals surface area contributed by atoms with E-state index in [4.69, 9.17) is 20.9 Å². The lowest BCUT2D eigenvalue weighted by atomic mass is 9.93. The van der Waals surface area contributed by atoms with Gasteiger partial charge in [-0.1, -0.05) is 44.9 Å². The Bertz CT molecular complexity index is 1000. The van der Waals surface area contributed by atoms with Crippen LogP contribution in [0.15, 0.2) is 29.5 Å². The van der Waals surface area contributed by atoms with Crippen molar-refractivity contribution >= 4 is 21.7 Å². The number of unbranched alkanes of at least 4 members (excludes halogenated alkanes) is 5. The number of hydrogen-bond donors (Lipinski definition) is 2. The molecule has 0 aromatic carbocycles. The summed E-state index contributed by atoms with van der Waals surface area (Å²) in [4.78, 5) is 12.1. The number of rotatable bonds is 15. The van der Waals surface area contributed by atoms with Crippen LogP contribution in [0.2, 0.25) is 0 Å². The van der Waals surface area contributed by atoms with Crippen molar-refractivity contribution in [2.24, 2.45) is 15.9 Å². The van der Waals surface area contributed by atoms with Gasteiger partial charge in [0.2, 0.25) is 22.2 Å². The van der Waals surface area contributed by atoms with E-state index in [2.05, 4.69) is 14.9 Å². The maximum Gasteiger partial charge on any atom is 0.214 e. The number of morpholine rings is 1. The molecule has 1 saturated heterocycles. The Kier molecular flexibility index (Phi) is 12.2. The Labute approximate surface area is 228 Å². The van der Waals surface area contributed by atoms with Gasteiger partial charge < -0.3 is 15.4 Å². The van der Waals surface area contributed by atoms with E-state index in [9.17, 15) is 8.42 Å². The molecule has 4 N–H and O–H groups in total. The molecule has 1 atom stereocenters. The number of primary sulfonamides is 1. The number of guanidine groups is 1. The molecule has 2 heterocycles. The molecule has 11 heteroatoms. The highest BCUT2D eigenvalue weighted by Gasteiger charge is 2.44. The highest BCUT2D eigenvalue weighted by atomic mass is 32.2. The molecular weight excluding hydrogens is 502 g/mol. The monoisotopic (exact) mass is 547 g/mol. The fraction of sp³-hybridized carbons (Fsp3) is 0.741. The molecule has 0 radical (unpaired) electrons. The molecule has 212 valence electrons. The molecular formula is C27H45N7O3S. The van der Waals surface area contributed by atoms with Gasteiger partial charge in [-0.25, -0.2) is 13.6 Å². The van der Waals surface area contributed by atoms with Gasteiger partial charge in [0, 0.05) is 43.8 Å². The molecule has 0 spiro atoms. The minimum absolute atomic E-state index is 0.203.